The number of hydrogen-bond acceptors (Lipinski definition) is 5. The molecule has 5 nitrogen and oxygen atoms in total. The average molecular weight is 308 g/mol. The van der Waals surface area contributed by atoms with Gasteiger partial charge in [-0.3, -0.25) is 0 Å². The van der Waals surface area contributed by atoms with Crippen LogP contribution in [0.2, 0.25) is 0 Å². The Hall–Kier alpha value is -1.47. The van der Waals surface area contributed by atoms with Gasteiger partial charge in [-0.25, -0.2) is 14.8 Å². The summed E-state index contributed by atoms with van der Waals surface area (Å²) >= 11 is 3.30. The maximum absolute atomic E-state index is 11.6. The summed E-state index contributed by atoms with van der Waals surface area (Å²) in [5.74, 6) is 0.681. The molecule has 2 N–H and O–H groups in total. The van der Waals surface area contributed by atoms with E-state index in [2.05, 4.69) is 20.6 Å². The molecule has 2 amide bonds. The molecule has 0 atom stereocenters. The van der Waals surface area contributed by atoms with Crippen LogP contribution in [0.4, 0.5) is 4.79 Å². The third kappa shape index (κ3) is 3.77. The van der Waals surface area contributed by atoms with Crippen LogP contribution in [-0.2, 0) is 13.0 Å². The summed E-state index contributed by atoms with van der Waals surface area (Å²) in [7, 11) is 0. The smallest absolute Gasteiger partial charge is 0.315 e. The Labute approximate surface area is 125 Å². The molecule has 20 heavy (non-hydrogen) atoms. The molecule has 2 heterocycles. The zero-order valence-electron chi connectivity index (χ0n) is 11.0. The summed E-state index contributed by atoms with van der Waals surface area (Å²) in [6, 6.07) is -0.150. The first-order valence-corrected chi connectivity index (χ1v) is 8.41. The summed E-state index contributed by atoms with van der Waals surface area (Å²) in [5.41, 5.74) is 0.951. The van der Waals surface area contributed by atoms with E-state index in [1.165, 1.54) is 17.8 Å². The van der Waals surface area contributed by atoms with Gasteiger partial charge in [-0.2, -0.15) is 0 Å². The molecule has 0 aromatic carbocycles. The van der Waals surface area contributed by atoms with E-state index in [0.717, 1.165) is 17.1 Å². The van der Waals surface area contributed by atoms with Crippen molar-refractivity contribution in [3.63, 3.8) is 0 Å². The molecule has 7 heteroatoms. The van der Waals surface area contributed by atoms with Gasteiger partial charge in [-0.05, 0) is 12.8 Å². The van der Waals surface area contributed by atoms with Crippen molar-refractivity contribution in [2.75, 3.05) is 6.54 Å². The molecule has 0 aliphatic heterocycles. The van der Waals surface area contributed by atoms with Gasteiger partial charge in [-0.1, -0.05) is 0 Å². The molecule has 106 valence electrons. The largest absolute Gasteiger partial charge is 0.338 e. The fourth-order valence-electron chi connectivity index (χ4n) is 1.81. The van der Waals surface area contributed by atoms with Crippen molar-refractivity contribution in [1.82, 2.24) is 20.6 Å². The maximum Gasteiger partial charge on any atom is 0.315 e. The molecule has 0 bridgehead atoms. The van der Waals surface area contributed by atoms with Gasteiger partial charge < -0.3 is 10.6 Å². The van der Waals surface area contributed by atoms with E-state index in [4.69, 9.17) is 0 Å². The minimum absolute atomic E-state index is 0.150. The van der Waals surface area contributed by atoms with Gasteiger partial charge in [0.15, 0.2) is 0 Å². The third-order valence-electron chi connectivity index (χ3n) is 3.03. The minimum atomic E-state index is -0.150. The van der Waals surface area contributed by atoms with Gasteiger partial charge in [-0.15, -0.1) is 22.7 Å². The molecule has 0 saturated heterocycles. The molecule has 1 saturated carbocycles. The highest BCUT2D eigenvalue weighted by atomic mass is 32.1. The Morgan fingerprint density at radius 2 is 2.25 bits per heavy atom. The molecule has 0 unspecified atom stereocenters. The SMILES string of the molecule is O=C(NCCc1nccs1)NCc1csc(C2CC2)n1. The topological polar surface area (TPSA) is 66.9 Å². The molecule has 0 radical (unpaired) electrons. The van der Waals surface area contributed by atoms with Crippen molar-refractivity contribution < 1.29 is 4.79 Å². The maximum atomic E-state index is 11.6. The lowest BCUT2D eigenvalue weighted by Gasteiger charge is -2.05. The first-order chi connectivity index (χ1) is 9.81. The number of carbonyl (C=O) groups is 1. The van der Waals surface area contributed by atoms with Crippen LogP contribution in [0.5, 0.6) is 0 Å². The summed E-state index contributed by atoms with van der Waals surface area (Å²) in [4.78, 5) is 20.3. The second kappa shape index (κ2) is 6.32. The van der Waals surface area contributed by atoms with Crippen LogP contribution in [0.25, 0.3) is 0 Å². The van der Waals surface area contributed by atoms with Crippen molar-refractivity contribution in [1.29, 1.82) is 0 Å². The normalized spacial score (nSPS) is 14.2. The van der Waals surface area contributed by atoms with E-state index in [1.807, 2.05) is 10.8 Å². The van der Waals surface area contributed by atoms with Crippen LogP contribution < -0.4 is 10.6 Å². The van der Waals surface area contributed by atoms with Crippen molar-refractivity contribution >= 4 is 28.7 Å². The van der Waals surface area contributed by atoms with E-state index in [1.54, 1.807) is 28.9 Å². The zero-order chi connectivity index (χ0) is 13.8. The number of carbonyl (C=O) groups excluding carboxylic acids is 1. The fourth-order valence-corrected chi connectivity index (χ4v) is 3.43. The summed E-state index contributed by atoms with van der Waals surface area (Å²) in [6.45, 7) is 1.09. The van der Waals surface area contributed by atoms with Crippen LogP contribution >= 0.6 is 22.7 Å². The van der Waals surface area contributed by atoms with E-state index in [-0.39, 0.29) is 6.03 Å². The number of urea groups is 1. The summed E-state index contributed by atoms with van der Waals surface area (Å²) in [5, 5.41) is 11.9. The Balaban J connectivity index is 1.35. The van der Waals surface area contributed by atoms with Gasteiger partial charge in [0.05, 0.1) is 22.3 Å². The van der Waals surface area contributed by atoms with Crippen LogP contribution in [-0.4, -0.2) is 22.5 Å². The van der Waals surface area contributed by atoms with Crippen molar-refractivity contribution in [2.24, 2.45) is 0 Å². The first-order valence-electron chi connectivity index (χ1n) is 6.65. The second-order valence-corrected chi connectivity index (χ2v) is 6.61. The minimum Gasteiger partial charge on any atom is -0.338 e. The second-order valence-electron chi connectivity index (χ2n) is 4.74. The highest BCUT2D eigenvalue weighted by molar-refractivity contribution is 7.09. The van der Waals surface area contributed by atoms with Gasteiger partial charge in [0.2, 0.25) is 0 Å². The monoisotopic (exact) mass is 308 g/mol. The number of hydrogen-bond donors (Lipinski definition) is 2. The van der Waals surface area contributed by atoms with Gasteiger partial charge >= 0.3 is 6.03 Å². The number of rotatable bonds is 6. The standard InChI is InChI=1S/C13H16N4OS2/c18-13(15-4-3-11-14-5-6-19-11)16-7-10-8-20-12(17-10)9-1-2-9/h5-6,8-9H,1-4,7H2,(H2,15,16,18). The highest BCUT2D eigenvalue weighted by Gasteiger charge is 2.26. The molecular weight excluding hydrogens is 292 g/mol. The lowest BCUT2D eigenvalue weighted by molar-refractivity contribution is 0.240. The number of thiazole rings is 2. The predicted molar refractivity (Wildman–Crippen MR) is 80.1 cm³/mol. The molecule has 1 aliphatic rings. The molecule has 2 aromatic rings. The zero-order valence-corrected chi connectivity index (χ0v) is 12.6. The molecular formula is C13H16N4OS2. The number of nitrogens with zero attached hydrogens (tertiary/aromatic N) is 2. The summed E-state index contributed by atoms with van der Waals surface area (Å²) in [6.07, 6.45) is 5.07. The van der Waals surface area contributed by atoms with Crippen molar-refractivity contribution in [3.8, 4) is 0 Å². The number of amides is 2. The Morgan fingerprint density at radius 1 is 1.35 bits per heavy atom. The van der Waals surface area contributed by atoms with Gasteiger partial charge in [0.1, 0.15) is 0 Å². The Kier molecular flexibility index (Phi) is 4.27. The van der Waals surface area contributed by atoms with Crippen molar-refractivity contribution in [3.05, 3.63) is 32.7 Å². The van der Waals surface area contributed by atoms with E-state index in [9.17, 15) is 4.79 Å². The molecule has 2 aromatic heterocycles. The lowest BCUT2D eigenvalue weighted by atomic mass is 10.4. The van der Waals surface area contributed by atoms with Crippen LogP contribution in [0.1, 0.15) is 34.5 Å². The molecule has 1 aliphatic carbocycles. The van der Waals surface area contributed by atoms with E-state index >= 15 is 0 Å². The Bertz CT molecular complexity index is 563. The third-order valence-corrected chi connectivity index (χ3v) is 4.93. The molecule has 0 spiro atoms. The molecule has 3 rings (SSSR count). The lowest BCUT2D eigenvalue weighted by Crippen LogP contribution is -2.36. The Morgan fingerprint density at radius 3 is 3.00 bits per heavy atom. The number of aromatic nitrogens is 2. The highest BCUT2D eigenvalue weighted by Crippen LogP contribution is 2.41. The van der Waals surface area contributed by atoms with Crippen LogP contribution in [0.15, 0.2) is 17.0 Å². The average Bonchev–Trinajstić information content (AvgIpc) is 2.98. The predicted octanol–water partition coefficient (Wildman–Crippen LogP) is 2.52. The van der Waals surface area contributed by atoms with E-state index < -0.39 is 0 Å². The van der Waals surface area contributed by atoms with Crippen LogP contribution in [0.3, 0.4) is 0 Å². The molecule has 1 fully saturated rings. The first kappa shape index (κ1) is 13.5. The van der Waals surface area contributed by atoms with Crippen LogP contribution in [0, 0.1) is 0 Å². The van der Waals surface area contributed by atoms with Gasteiger partial charge in [0.25, 0.3) is 0 Å². The van der Waals surface area contributed by atoms with E-state index in [0.29, 0.717) is 19.0 Å². The van der Waals surface area contributed by atoms with Gasteiger partial charge in [0, 0.05) is 35.8 Å². The fraction of sp³-hybridized carbons (Fsp3) is 0.462. The van der Waals surface area contributed by atoms with Crippen molar-refractivity contribution in [2.45, 2.75) is 31.7 Å². The quantitative estimate of drug-likeness (QED) is 0.861. The summed E-state index contributed by atoms with van der Waals surface area (Å²) < 4.78 is 0. The number of nitrogens with one attached hydrogen (secondary N) is 2.